The summed E-state index contributed by atoms with van der Waals surface area (Å²) in [4.78, 5) is 0. The van der Waals surface area contributed by atoms with E-state index in [2.05, 4.69) is 92.7 Å². The van der Waals surface area contributed by atoms with Gasteiger partial charge in [0.15, 0.2) is 0 Å². The molecule has 1 saturated carbocycles. The van der Waals surface area contributed by atoms with Crippen molar-refractivity contribution in [3.05, 3.63) is 63.8 Å². The lowest BCUT2D eigenvalue weighted by Crippen LogP contribution is -2.12. The molecule has 0 radical (unpaired) electrons. The second-order valence-electron chi connectivity index (χ2n) is 10.3. The van der Waals surface area contributed by atoms with Crippen molar-refractivity contribution in [2.75, 3.05) is 0 Å². The van der Waals surface area contributed by atoms with Crippen molar-refractivity contribution < 1.29 is 0 Å². The molecule has 0 aromatic heterocycles. The summed E-state index contributed by atoms with van der Waals surface area (Å²) in [6, 6.07) is 9.26. The Morgan fingerprint density at radius 1 is 1.03 bits per heavy atom. The molecule has 2 atom stereocenters. The molecule has 172 valence electrons. The summed E-state index contributed by atoms with van der Waals surface area (Å²) in [6.45, 7) is 21.3. The van der Waals surface area contributed by atoms with Crippen molar-refractivity contribution in [1.29, 1.82) is 0 Å². The first-order valence-electron chi connectivity index (χ1n) is 12.9. The lowest BCUT2D eigenvalue weighted by atomic mass is 9.75. The maximum atomic E-state index is 2.48. The molecule has 1 aliphatic rings. The van der Waals surface area contributed by atoms with E-state index in [9.17, 15) is 0 Å². The first kappa shape index (κ1) is 25.7. The van der Waals surface area contributed by atoms with Crippen LogP contribution in [0.25, 0.3) is 5.57 Å². The fraction of sp³-hybridized carbons (Fsp3) is 0.613. The largest absolute Gasteiger partial charge is 0.0836 e. The van der Waals surface area contributed by atoms with E-state index in [-0.39, 0.29) is 0 Å². The molecule has 0 amide bonds. The van der Waals surface area contributed by atoms with Gasteiger partial charge in [-0.2, -0.15) is 0 Å². The average Bonchev–Trinajstić information content (AvgIpc) is 3.54. The van der Waals surface area contributed by atoms with Gasteiger partial charge in [0.05, 0.1) is 0 Å². The quantitative estimate of drug-likeness (QED) is 0.312. The van der Waals surface area contributed by atoms with E-state index in [1.807, 2.05) is 0 Å². The van der Waals surface area contributed by atoms with Crippen molar-refractivity contribution in [3.63, 3.8) is 0 Å². The predicted octanol–water partition coefficient (Wildman–Crippen LogP) is 10.3. The predicted molar refractivity (Wildman–Crippen MR) is 141 cm³/mol. The van der Waals surface area contributed by atoms with Crippen molar-refractivity contribution in [2.24, 2.45) is 11.3 Å². The fourth-order valence-corrected chi connectivity index (χ4v) is 4.83. The minimum absolute atomic E-state index is 0.374. The Labute approximate surface area is 193 Å². The van der Waals surface area contributed by atoms with Gasteiger partial charge in [-0.3, -0.25) is 0 Å². The third kappa shape index (κ3) is 5.82. The molecule has 0 aliphatic heterocycles. The maximum absolute atomic E-state index is 2.48. The van der Waals surface area contributed by atoms with E-state index in [0.717, 1.165) is 0 Å². The molecule has 0 saturated heterocycles. The fourth-order valence-electron chi connectivity index (χ4n) is 4.83. The smallest absolute Gasteiger partial charge is 0.0109 e. The zero-order valence-electron chi connectivity index (χ0n) is 22.0. The second-order valence-corrected chi connectivity index (χ2v) is 10.3. The Morgan fingerprint density at radius 2 is 1.68 bits per heavy atom. The molecular weight excluding hydrogens is 372 g/mol. The monoisotopic (exact) mass is 420 g/mol. The molecule has 0 heterocycles. The van der Waals surface area contributed by atoms with Gasteiger partial charge in [0.25, 0.3) is 0 Å². The highest BCUT2D eigenvalue weighted by Gasteiger charge is 2.41. The van der Waals surface area contributed by atoms with E-state index in [1.165, 1.54) is 56.1 Å². The minimum atomic E-state index is 0.374. The SMILES string of the molecule is C\C=C(C(/C(=C(/C)CCCC)c1ccccc1C(C)CC)=C(/C)C1(C)CC1)\C(C)CC. The number of unbranched alkanes of at least 4 members (excludes halogenated alkanes) is 1. The summed E-state index contributed by atoms with van der Waals surface area (Å²) in [5.41, 5.74) is 11.2. The van der Waals surface area contributed by atoms with Gasteiger partial charge >= 0.3 is 0 Å². The molecule has 0 bridgehead atoms. The van der Waals surface area contributed by atoms with Crippen LogP contribution in [0.1, 0.15) is 124 Å². The summed E-state index contributed by atoms with van der Waals surface area (Å²) in [5, 5.41) is 0. The van der Waals surface area contributed by atoms with Crippen molar-refractivity contribution in [1.82, 2.24) is 0 Å². The highest BCUT2D eigenvalue weighted by Crippen LogP contribution is 2.55. The Hall–Kier alpha value is -1.56. The number of hydrogen-bond acceptors (Lipinski definition) is 0. The number of hydrogen-bond donors (Lipinski definition) is 0. The van der Waals surface area contributed by atoms with E-state index >= 15 is 0 Å². The zero-order chi connectivity index (χ0) is 23.2. The lowest BCUT2D eigenvalue weighted by molar-refractivity contribution is 0.644. The van der Waals surface area contributed by atoms with Crippen LogP contribution in [0.3, 0.4) is 0 Å². The number of allylic oxidation sites excluding steroid dienone is 6. The molecule has 0 N–H and O–H groups in total. The van der Waals surface area contributed by atoms with Gasteiger partial charge in [-0.15, -0.1) is 0 Å². The summed E-state index contributed by atoms with van der Waals surface area (Å²) < 4.78 is 0. The van der Waals surface area contributed by atoms with Crippen LogP contribution in [-0.2, 0) is 0 Å². The Morgan fingerprint density at radius 3 is 2.19 bits per heavy atom. The van der Waals surface area contributed by atoms with Crippen LogP contribution in [-0.4, -0.2) is 0 Å². The Kier molecular flexibility index (Phi) is 9.41. The van der Waals surface area contributed by atoms with Crippen LogP contribution < -0.4 is 0 Å². The first-order chi connectivity index (χ1) is 14.7. The molecule has 1 aromatic rings. The molecule has 1 aromatic carbocycles. The normalized spacial score (nSPS) is 19.5. The maximum Gasteiger partial charge on any atom is -0.0109 e. The van der Waals surface area contributed by atoms with E-state index < -0.39 is 0 Å². The summed E-state index contributed by atoms with van der Waals surface area (Å²) >= 11 is 0. The van der Waals surface area contributed by atoms with E-state index in [0.29, 0.717) is 17.3 Å². The topological polar surface area (TPSA) is 0 Å². The van der Waals surface area contributed by atoms with Crippen molar-refractivity contribution in [3.8, 4) is 0 Å². The van der Waals surface area contributed by atoms with Crippen LogP contribution in [0.15, 0.2) is 52.6 Å². The third-order valence-corrected chi connectivity index (χ3v) is 7.98. The molecule has 0 heteroatoms. The molecule has 31 heavy (non-hydrogen) atoms. The minimum Gasteiger partial charge on any atom is -0.0836 e. The van der Waals surface area contributed by atoms with Crippen LogP contribution in [0, 0.1) is 11.3 Å². The third-order valence-electron chi connectivity index (χ3n) is 7.98. The van der Waals surface area contributed by atoms with Crippen molar-refractivity contribution in [2.45, 2.75) is 113 Å². The van der Waals surface area contributed by atoms with E-state index in [1.54, 1.807) is 27.9 Å². The average molecular weight is 421 g/mol. The first-order valence-corrected chi connectivity index (χ1v) is 12.9. The number of rotatable bonds is 11. The molecule has 2 unspecified atom stereocenters. The highest BCUT2D eigenvalue weighted by molar-refractivity contribution is 5.88. The number of benzene rings is 1. The summed E-state index contributed by atoms with van der Waals surface area (Å²) in [6.07, 6.45) is 11.1. The molecule has 0 nitrogen and oxygen atoms in total. The highest BCUT2D eigenvalue weighted by atomic mass is 14.5. The molecule has 2 rings (SSSR count). The van der Waals surface area contributed by atoms with Crippen molar-refractivity contribution >= 4 is 5.57 Å². The molecule has 1 fully saturated rings. The van der Waals surface area contributed by atoms with Gasteiger partial charge < -0.3 is 0 Å². The van der Waals surface area contributed by atoms with Gasteiger partial charge in [0.2, 0.25) is 0 Å². The van der Waals surface area contributed by atoms with Crippen LogP contribution >= 0.6 is 0 Å². The van der Waals surface area contributed by atoms with Gasteiger partial charge in [-0.1, -0.05) is 89.5 Å². The second kappa shape index (κ2) is 11.3. The van der Waals surface area contributed by atoms with Crippen LogP contribution in [0.2, 0.25) is 0 Å². The Balaban J connectivity index is 2.89. The van der Waals surface area contributed by atoms with Gasteiger partial charge in [-0.25, -0.2) is 0 Å². The summed E-state index contributed by atoms with van der Waals surface area (Å²) in [7, 11) is 0. The van der Waals surface area contributed by atoms with Gasteiger partial charge in [0, 0.05) is 0 Å². The van der Waals surface area contributed by atoms with Crippen LogP contribution in [0.4, 0.5) is 0 Å². The standard InChI is InChI=1S/C31H48/c1-10-14-17-24(7)29(28-19-16-15-18-27(28)23(6)12-3)30(25(8)31(9)20-21-31)26(13-4)22(5)11-2/h13,15-16,18-19,22-23H,10-12,14,17,20-21H2,1-9H3/b26-13-,29-24-,30-25+. The molecular formula is C31H48. The zero-order valence-corrected chi connectivity index (χ0v) is 22.0. The van der Waals surface area contributed by atoms with Gasteiger partial charge in [0.1, 0.15) is 0 Å². The lowest BCUT2D eigenvalue weighted by Gasteiger charge is -2.29. The summed E-state index contributed by atoms with van der Waals surface area (Å²) in [5.74, 6) is 1.14. The van der Waals surface area contributed by atoms with Crippen LogP contribution in [0.5, 0.6) is 0 Å². The van der Waals surface area contributed by atoms with E-state index in [4.69, 9.17) is 0 Å². The molecule has 1 aliphatic carbocycles. The van der Waals surface area contributed by atoms with Gasteiger partial charge in [-0.05, 0) is 104 Å². The molecule has 0 spiro atoms. The Bertz CT molecular complexity index is 825.